The number of aromatic nitrogens is 2. The van der Waals surface area contributed by atoms with Gasteiger partial charge in [0, 0.05) is 36.9 Å². The fourth-order valence-electron chi connectivity index (χ4n) is 5.47. The Bertz CT molecular complexity index is 1530. The second-order valence-corrected chi connectivity index (χ2v) is 13.2. The van der Waals surface area contributed by atoms with E-state index in [4.69, 9.17) is 9.47 Å². The number of hydrogen-bond acceptors (Lipinski definition) is 8. The number of nitrogens with zero attached hydrogens (tertiary/aromatic N) is 4. The molecule has 3 aromatic rings. The molecular weight excluding hydrogens is 578 g/mol. The normalized spacial score (nSPS) is 16.6. The number of unbranched alkanes of at least 4 members (excludes halogenated alkanes) is 1. The van der Waals surface area contributed by atoms with E-state index in [-0.39, 0.29) is 46.8 Å². The van der Waals surface area contributed by atoms with Crippen molar-refractivity contribution in [1.82, 2.24) is 20.0 Å². The topological polar surface area (TPSA) is 114 Å². The highest BCUT2D eigenvalue weighted by Crippen LogP contribution is 2.30. The number of benzene rings is 2. The maximum absolute atomic E-state index is 14.4. The lowest BCUT2D eigenvalue weighted by Crippen LogP contribution is -2.55. The molecule has 4 rings (SSSR count). The minimum absolute atomic E-state index is 0.0547. The molecule has 0 radical (unpaired) electrons. The summed E-state index contributed by atoms with van der Waals surface area (Å²) in [5.74, 6) is 0.0674. The maximum atomic E-state index is 14.4. The fraction of sp³-hybridized carbons (Fsp3) is 0.485. The number of fused-ring (bicyclic) bond motifs is 4. The van der Waals surface area contributed by atoms with Crippen molar-refractivity contribution >= 4 is 21.9 Å². The molecule has 1 N–H and O–H groups in total. The van der Waals surface area contributed by atoms with Crippen LogP contribution < -0.4 is 9.46 Å². The molecule has 0 spiro atoms. The van der Waals surface area contributed by atoms with Crippen LogP contribution in [0.3, 0.4) is 0 Å². The summed E-state index contributed by atoms with van der Waals surface area (Å²) in [5, 5.41) is 3.80. The van der Waals surface area contributed by atoms with Gasteiger partial charge in [-0.05, 0) is 68.9 Å². The third-order valence-corrected chi connectivity index (χ3v) is 8.88. The fourth-order valence-corrected chi connectivity index (χ4v) is 6.46. The Morgan fingerprint density at radius 1 is 1.07 bits per heavy atom. The van der Waals surface area contributed by atoms with Gasteiger partial charge in [0.25, 0.3) is 15.9 Å². The average molecular weight is 624 g/mol. The number of carbonyl (C=O) groups excluding carboxylic acids is 1. The van der Waals surface area contributed by atoms with Crippen molar-refractivity contribution in [1.29, 1.82) is 0 Å². The lowest BCUT2D eigenvalue weighted by atomic mass is 10.00. The largest absolute Gasteiger partial charge is 0.475 e. The summed E-state index contributed by atoms with van der Waals surface area (Å²) < 4.78 is 41.8. The Kier molecular flexibility index (Phi) is 11.3. The van der Waals surface area contributed by atoms with Crippen molar-refractivity contribution in [2.75, 3.05) is 37.6 Å². The van der Waals surface area contributed by atoms with Crippen molar-refractivity contribution in [2.45, 2.75) is 71.7 Å². The van der Waals surface area contributed by atoms with Crippen molar-refractivity contribution in [3.05, 3.63) is 65.2 Å². The summed E-state index contributed by atoms with van der Waals surface area (Å²) in [6, 6.07) is 13.4. The molecule has 0 fully saturated rings. The molecule has 0 saturated carbocycles. The van der Waals surface area contributed by atoms with E-state index in [9.17, 15) is 13.2 Å². The number of anilines is 1. The van der Waals surface area contributed by atoms with Gasteiger partial charge in [-0.3, -0.25) is 9.80 Å². The van der Waals surface area contributed by atoms with Crippen molar-refractivity contribution < 1.29 is 22.7 Å². The first-order valence-corrected chi connectivity index (χ1v) is 16.9. The molecule has 1 amide bonds. The van der Waals surface area contributed by atoms with Crippen LogP contribution in [0.2, 0.25) is 0 Å². The summed E-state index contributed by atoms with van der Waals surface area (Å²) in [6.07, 6.45) is 2.47. The van der Waals surface area contributed by atoms with E-state index in [2.05, 4.69) is 35.5 Å². The summed E-state index contributed by atoms with van der Waals surface area (Å²) in [5.41, 5.74) is 3.67. The zero-order valence-corrected chi connectivity index (χ0v) is 27.5. The first-order valence-electron chi connectivity index (χ1n) is 15.4. The third kappa shape index (κ3) is 8.13. The van der Waals surface area contributed by atoms with Gasteiger partial charge >= 0.3 is 0 Å². The Morgan fingerprint density at radius 2 is 1.80 bits per heavy atom. The van der Waals surface area contributed by atoms with Gasteiger partial charge in [-0.15, -0.1) is 0 Å². The van der Waals surface area contributed by atoms with Gasteiger partial charge in [-0.25, -0.2) is 23.1 Å². The van der Waals surface area contributed by atoms with Crippen LogP contribution in [0, 0.1) is 19.8 Å². The molecule has 1 atom stereocenters. The number of amides is 1. The number of hydrogen-bond donors (Lipinski definition) is 1. The van der Waals surface area contributed by atoms with Gasteiger partial charge < -0.3 is 9.47 Å². The predicted octanol–water partition coefficient (Wildman–Crippen LogP) is 5.86. The molecule has 10 nitrogen and oxygen atoms in total. The van der Waals surface area contributed by atoms with Crippen LogP contribution in [0.4, 0.5) is 5.95 Å². The Balaban J connectivity index is 1.90. The zero-order chi connectivity index (χ0) is 31.9. The summed E-state index contributed by atoms with van der Waals surface area (Å²) in [7, 11) is -4.14. The number of nitrogens with one attached hydrogen (secondary N) is 1. The van der Waals surface area contributed by atoms with E-state index in [1.165, 1.54) is 12.1 Å². The first-order chi connectivity index (χ1) is 21.0. The second-order valence-electron chi connectivity index (χ2n) is 11.6. The highest BCUT2D eigenvalue weighted by atomic mass is 32.2. The number of carbonyl (C=O) groups is 1. The van der Waals surface area contributed by atoms with E-state index in [0.717, 1.165) is 29.5 Å². The second kappa shape index (κ2) is 15.0. The molecule has 0 unspecified atom stereocenters. The molecule has 0 saturated heterocycles. The molecule has 11 heteroatoms. The summed E-state index contributed by atoms with van der Waals surface area (Å²) in [6.45, 7) is 14.6. The lowest BCUT2D eigenvalue weighted by Gasteiger charge is -2.41. The third-order valence-electron chi connectivity index (χ3n) is 7.55. The smallest absolute Gasteiger partial charge is 0.268 e. The Morgan fingerprint density at radius 3 is 2.48 bits per heavy atom. The predicted molar refractivity (Wildman–Crippen MR) is 172 cm³/mol. The number of sulfonamides is 1. The summed E-state index contributed by atoms with van der Waals surface area (Å²) >= 11 is 0. The molecule has 2 heterocycles. The molecule has 0 aliphatic carbocycles. The standard InChI is InChI=1S/C33H45N5O5S/c1-7-9-16-37(17-18-42-8-2)38-27(19-23(3)4)22-43-30-21-29(31-24(5)12-10-13-25(31)6)34-33(35-30)36-44(40,41)28-15-11-14-26(20-28)32(38)39/h10-15,20-21,23,27H,7-9,16-19,22H2,1-6H3,(H,34,35,36)/t27-/m1/s1. The zero-order valence-electron chi connectivity index (χ0n) is 26.7. The Hall–Kier alpha value is -3.54. The SMILES string of the molecule is CCCCN(CCOCC)N1C(=O)c2cccc(c2)S(=O)(=O)Nc2nc(cc(-c3c(C)cccc3C)n2)OC[C@H]1CC(C)C. The van der Waals surface area contributed by atoms with Crippen LogP contribution in [-0.4, -0.2) is 73.3 Å². The van der Waals surface area contributed by atoms with Gasteiger partial charge in [-0.2, -0.15) is 4.98 Å². The van der Waals surface area contributed by atoms with Gasteiger partial charge in [-0.1, -0.05) is 51.5 Å². The quantitative estimate of drug-likeness (QED) is 0.264. The van der Waals surface area contributed by atoms with Gasteiger partial charge in [0.15, 0.2) is 0 Å². The molecule has 238 valence electrons. The van der Waals surface area contributed by atoms with E-state index >= 15 is 0 Å². The maximum Gasteiger partial charge on any atom is 0.268 e. The molecule has 1 aliphatic heterocycles. The molecule has 2 aromatic carbocycles. The minimum atomic E-state index is -4.14. The number of ether oxygens (including phenoxy) is 2. The van der Waals surface area contributed by atoms with Crippen LogP contribution in [0.15, 0.2) is 53.4 Å². The molecule has 4 bridgehead atoms. The number of rotatable bonds is 11. The Labute approximate surface area is 261 Å². The first kappa shape index (κ1) is 33.4. The van der Waals surface area contributed by atoms with E-state index < -0.39 is 10.0 Å². The lowest BCUT2D eigenvalue weighted by molar-refractivity contribution is -0.0635. The van der Waals surface area contributed by atoms with Crippen LogP contribution in [0.5, 0.6) is 5.88 Å². The van der Waals surface area contributed by atoms with Crippen LogP contribution in [0.25, 0.3) is 11.3 Å². The van der Waals surface area contributed by atoms with E-state index in [1.54, 1.807) is 23.2 Å². The van der Waals surface area contributed by atoms with Crippen LogP contribution in [0.1, 0.15) is 68.4 Å². The number of aryl methyl sites for hydroxylation is 2. The molecule has 1 aromatic heterocycles. The average Bonchev–Trinajstić information content (AvgIpc) is 2.97. The molecule has 1 aliphatic rings. The highest BCUT2D eigenvalue weighted by molar-refractivity contribution is 7.92. The van der Waals surface area contributed by atoms with E-state index in [0.29, 0.717) is 38.4 Å². The van der Waals surface area contributed by atoms with Crippen LogP contribution >= 0.6 is 0 Å². The monoisotopic (exact) mass is 623 g/mol. The van der Waals surface area contributed by atoms with E-state index in [1.807, 2.05) is 44.0 Å². The highest BCUT2D eigenvalue weighted by Gasteiger charge is 2.33. The minimum Gasteiger partial charge on any atom is -0.475 e. The van der Waals surface area contributed by atoms with Crippen LogP contribution in [-0.2, 0) is 14.8 Å². The number of hydrazine groups is 1. The van der Waals surface area contributed by atoms with Crippen molar-refractivity contribution in [3.8, 4) is 17.1 Å². The van der Waals surface area contributed by atoms with Crippen molar-refractivity contribution in [3.63, 3.8) is 0 Å². The molecule has 44 heavy (non-hydrogen) atoms. The summed E-state index contributed by atoms with van der Waals surface area (Å²) in [4.78, 5) is 23.4. The van der Waals surface area contributed by atoms with Gasteiger partial charge in [0.1, 0.15) is 6.61 Å². The van der Waals surface area contributed by atoms with Gasteiger partial charge in [0.05, 0.1) is 23.2 Å². The van der Waals surface area contributed by atoms with Gasteiger partial charge in [0.2, 0.25) is 11.8 Å². The van der Waals surface area contributed by atoms with Crippen molar-refractivity contribution in [2.24, 2.45) is 5.92 Å². The molecular formula is C33H45N5O5S.